The smallest absolute Gasteiger partial charge is 0.255 e. The lowest BCUT2D eigenvalue weighted by Crippen LogP contribution is -2.12. The molecule has 3 rings (SSSR count). The number of benzene rings is 2. The Morgan fingerprint density at radius 3 is 2.56 bits per heavy atom. The third kappa shape index (κ3) is 4.68. The minimum atomic E-state index is -0.255. The number of halogens is 1. The number of methoxy groups -OCH3 is 2. The standard InChI is InChI=1S/C20H18ClN3O3/c1-26-16-7-8-18(27-2)17(11-16)24-19-9-6-15(12-22-19)23-20(25)13-4-3-5-14(21)10-13/h3-12H,1-2H3,(H,22,24)(H,23,25). The third-order valence-corrected chi connectivity index (χ3v) is 4.01. The van der Waals surface area contributed by atoms with Crippen LogP contribution in [0.4, 0.5) is 17.2 Å². The van der Waals surface area contributed by atoms with Crippen LogP contribution in [0.25, 0.3) is 0 Å². The largest absolute Gasteiger partial charge is 0.497 e. The van der Waals surface area contributed by atoms with Gasteiger partial charge in [0.1, 0.15) is 17.3 Å². The van der Waals surface area contributed by atoms with Gasteiger partial charge >= 0.3 is 0 Å². The first-order valence-corrected chi connectivity index (χ1v) is 8.49. The van der Waals surface area contributed by atoms with Crippen molar-refractivity contribution in [3.05, 3.63) is 71.4 Å². The summed E-state index contributed by atoms with van der Waals surface area (Å²) in [5.41, 5.74) is 1.77. The molecular formula is C20H18ClN3O3. The van der Waals surface area contributed by atoms with Gasteiger partial charge in [0.25, 0.3) is 5.91 Å². The highest BCUT2D eigenvalue weighted by Gasteiger charge is 2.09. The van der Waals surface area contributed by atoms with Crippen LogP contribution in [0.1, 0.15) is 10.4 Å². The van der Waals surface area contributed by atoms with Gasteiger partial charge in [0.05, 0.1) is 31.8 Å². The van der Waals surface area contributed by atoms with Gasteiger partial charge in [0.15, 0.2) is 0 Å². The van der Waals surface area contributed by atoms with Gasteiger partial charge in [-0.25, -0.2) is 4.98 Å². The maximum atomic E-state index is 12.3. The molecule has 0 saturated heterocycles. The lowest BCUT2D eigenvalue weighted by atomic mass is 10.2. The Balaban J connectivity index is 1.71. The summed E-state index contributed by atoms with van der Waals surface area (Å²) in [6, 6.07) is 15.7. The molecule has 0 radical (unpaired) electrons. The number of amides is 1. The molecule has 0 aliphatic carbocycles. The molecule has 7 heteroatoms. The molecule has 1 amide bonds. The number of pyridine rings is 1. The Morgan fingerprint density at radius 1 is 1.04 bits per heavy atom. The molecule has 0 atom stereocenters. The third-order valence-electron chi connectivity index (χ3n) is 3.78. The van der Waals surface area contributed by atoms with E-state index in [2.05, 4.69) is 15.6 Å². The van der Waals surface area contributed by atoms with E-state index >= 15 is 0 Å². The lowest BCUT2D eigenvalue weighted by Gasteiger charge is -2.12. The molecule has 1 heterocycles. The van der Waals surface area contributed by atoms with E-state index in [1.54, 1.807) is 62.9 Å². The number of nitrogens with one attached hydrogen (secondary N) is 2. The van der Waals surface area contributed by atoms with Gasteiger partial charge in [-0.2, -0.15) is 0 Å². The Morgan fingerprint density at radius 2 is 1.89 bits per heavy atom. The molecule has 6 nitrogen and oxygen atoms in total. The second kappa shape index (κ2) is 8.42. The van der Waals surface area contributed by atoms with E-state index < -0.39 is 0 Å². The van der Waals surface area contributed by atoms with Crippen LogP contribution in [0.5, 0.6) is 11.5 Å². The van der Waals surface area contributed by atoms with E-state index in [1.165, 1.54) is 0 Å². The van der Waals surface area contributed by atoms with Crippen LogP contribution >= 0.6 is 11.6 Å². The van der Waals surface area contributed by atoms with E-state index in [4.69, 9.17) is 21.1 Å². The maximum Gasteiger partial charge on any atom is 0.255 e. The zero-order valence-corrected chi connectivity index (χ0v) is 15.6. The number of carbonyl (C=O) groups excluding carboxylic acids is 1. The minimum absolute atomic E-state index is 0.255. The lowest BCUT2D eigenvalue weighted by molar-refractivity contribution is 0.102. The van der Waals surface area contributed by atoms with Crippen LogP contribution in [0, 0.1) is 0 Å². The number of anilines is 3. The van der Waals surface area contributed by atoms with Crippen molar-refractivity contribution >= 4 is 34.7 Å². The van der Waals surface area contributed by atoms with Gasteiger partial charge < -0.3 is 20.1 Å². The predicted octanol–water partition coefficient (Wildman–Crippen LogP) is 4.75. The topological polar surface area (TPSA) is 72.5 Å². The highest BCUT2D eigenvalue weighted by Crippen LogP contribution is 2.31. The molecule has 138 valence electrons. The summed E-state index contributed by atoms with van der Waals surface area (Å²) in [4.78, 5) is 16.6. The SMILES string of the molecule is COc1ccc(OC)c(Nc2ccc(NC(=O)c3cccc(Cl)c3)cn2)c1. The van der Waals surface area contributed by atoms with E-state index in [0.717, 1.165) is 5.69 Å². The molecule has 27 heavy (non-hydrogen) atoms. The van der Waals surface area contributed by atoms with Crippen molar-refractivity contribution in [3.63, 3.8) is 0 Å². The predicted molar refractivity (Wildman–Crippen MR) is 106 cm³/mol. The molecule has 0 saturated carbocycles. The van der Waals surface area contributed by atoms with Crippen molar-refractivity contribution in [1.29, 1.82) is 0 Å². The number of ether oxygens (including phenoxy) is 2. The van der Waals surface area contributed by atoms with Crippen LogP contribution < -0.4 is 20.1 Å². The monoisotopic (exact) mass is 383 g/mol. The van der Waals surface area contributed by atoms with E-state index in [-0.39, 0.29) is 5.91 Å². The van der Waals surface area contributed by atoms with E-state index in [1.807, 2.05) is 12.1 Å². The second-order valence-electron chi connectivity index (χ2n) is 5.59. The van der Waals surface area contributed by atoms with Crippen molar-refractivity contribution < 1.29 is 14.3 Å². The Labute approximate surface area is 162 Å². The van der Waals surface area contributed by atoms with Crippen molar-refractivity contribution in [1.82, 2.24) is 4.98 Å². The summed E-state index contributed by atoms with van der Waals surface area (Å²) in [5.74, 6) is 1.71. The molecule has 0 aliphatic heterocycles. The van der Waals surface area contributed by atoms with Crippen LogP contribution in [-0.2, 0) is 0 Å². The summed E-state index contributed by atoms with van der Waals surface area (Å²) in [5, 5.41) is 6.46. The van der Waals surface area contributed by atoms with Gasteiger partial charge in [-0.1, -0.05) is 17.7 Å². The van der Waals surface area contributed by atoms with Gasteiger partial charge in [0.2, 0.25) is 0 Å². The number of rotatable bonds is 6. The fourth-order valence-electron chi connectivity index (χ4n) is 2.42. The molecule has 3 aromatic rings. The number of nitrogens with zero attached hydrogens (tertiary/aromatic N) is 1. The molecule has 1 aromatic heterocycles. The summed E-state index contributed by atoms with van der Waals surface area (Å²) in [6.45, 7) is 0. The fourth-order valence-corrected chi connectivity index (χ4v) is 2.61. The maximum absolute atomic E-state index is 12.3. The zero-order chi connectivity index (χ0) is 19.2. The van der Waals surface area contributed by atoms with Crippen molar-refractivity contribution in [2.45, 2.75) is 0 Å². The molecule has 0 spiro atoms. The average molecular weight is 384 g/mol. The molecule has 0 aliphatic rings. The highest BCUT2D eigenvalue weighted by molar-refractivity contribution is 6.31. The number of aromatic nitrogens is 1. The fraction of sp³-hybridized carbons (Fsp3) is 0.100. The van der Waals surface area contributed by atoms with Gasteiger partial charge in [-0.3, -0.25) is 4.79 Å². The number of hydrogen-bond donors (Lipinski definition) is 2. The van der Waals surface area contributed by atoms with E-state index in [0.29, 0.717) is 33.6 Å². The first kappa shape index (κ1) is 18.5. The van der Waals surface area contributed by atoms with Crippen molar-refractivity contribution in [2.75, 3.05) is 24.9 Å². The zero-order valence-electron chi connectivity index (χ0n) is 14.8. The van der Waals surface area contributed by atoms with Gasteiger partial charge in [-0.15, -0.1) is 0 Å². The number of carbonyl (C=O) groups is 1. The molecule has 2 N–H and O–H groups in total. The average Bonchev–Trinajstić information content (AvgIpc) is 2.69. The summed E-state index contributed by atoms with van der Waals surface area (Å²) < 4.78 is 10.6. The van der Waals surface area contributed by atoms with Crippen LogP contribution in [0.2, 0.25) is 5.02 Å². The van der Waals surface area contributed by atoms with Gasteiger partial charge in [0, 0.05) is 16.7 Å². The quantitative estimate of drug-likeness (QED) is 0.642. The molecular weight excluding hydrogens is 366 g/mol. The van der Waals surface area contributed by atoms with Crippen molar-refractivity contribution in [3.8, 4) is 11.5 Å². The highest BCUT2D eigenvalue weighted by atomic mass is 35.5. The van der Waals surface area contributed by atoms with Gasteiger partial charge in [-0.05, 0) is 42.5 Å². The molecule has 2 aromatic carbocycles. The minimum Gasteiger partial charge on any atom is -0.497 e. The van der Waals surface area contributed by atoms with E-state index in [9.17, 15) is 4.79 Å². The molecule has 0 unspecified atom stereocenters. The first-order valence-electron chi connectivity index (χ1n) is 8.11. The van der Waals surface area contributed by atoms with Crippen molar-refractivity contribution in [2.24, 2.45) is 0 Å². The van der Waals surface area contributed by atoms with Crippen LogP contribution in [-0.4, -0.2) is 25.1 Å². The summed E-state index contributed by atoms with van der Waals surface area (Å²) in [7, 11) is 3.19. The van der Waals surface area contributed by atoms with Crippen LogP contribution in [0.15, 0.2) is 60.8 Å². The summed E-state index contributed by atoms with van der Waals surface area (Å²) in [6.07, 6.45) is 1.57. The Kier molecular flexibility index (Phi) is 5.78. The number of hydrogen-bond acceptors (Lipinski definition) is 5. The molecule has 0 fully saturated rings. The molecule has 0 bridgehead atoms. The first-order chi connectivity index (χ1) is 13.1. The Hall–Kier alpha value is -3.25. The summed E-state index contributed by atoms with van der Waals surface area (Å²) >= 11 is 5.92. The second-order valence-corrected chi connectivity index (χ2v) is 6.02. The Bertz CT molecular complexity index is 945. The van der Waals surface area contributed by atoms with Crippen LogP contribution in [0.3, 0.4) is 0 Å². The normalized spacial score (nSPS) is 10.2.